The second kappa shape index (κ2) is 13.2. The predicted molar refractivity (Wildman–Crippen MR) is 154 cm³/mol. The molecule has 11 heteroatoms. The molecule has 0 unspecified atom stereocenters. The van der Waals surface area contributed by atoms with Gasteiger partial charge in [0.05, 0.1) is 17.7 Å². The van der Waals surface area contributed by atoms with Crippen LogP contribution in [0.5, 0.6) is 5.75 Å². The van der Waals surface area contributed by atoms with Gasteiger partial charge in [-0.05, 0) is 87.0 Å². The zero-order valence-electron chi connectivity index (χ0n) is 22.1. The van der Waals surface area contributed by atoms with Gasteiger partial charge in [0.25, 0.3) is 10.0 Å². The lowest BCUT2D eigenvalue weighted by atomic mass is 10.1. The third-order valence-corrected chi connectivity index (χ3v) is 8.20. The fraction of sp³-hybridized carbons (Fsp3) is 0.286. The Kier molecular flexibility index (Phi) is 10.2. The molecule has 1 atom stereocenters. The molecule has 0 heterocycles. The molecule has 3 aromatic rings. The van der Waals surface area contributed by atoms with E-state index in [1.165, 1.54) is 48.4 Å². The third-order valence-electron chi connectivity index (χ3n) is 5.91. The smallest absolute Gasteiger partial charge is 0.264 e. The normalized spacial score (nSPS) is 12.1. The van der Waals surface area contributed by atoms with Crippen molar-refractivity contribution in [3.05, 3.63) is 88.4 Å². The lowest BCUT2D eigenvalue weighted by molar-refractivity contribution is -0.139. The van der Waals surface area contributed by atoms with Crippen molar-refractivity contribution in [3.8, 4) is 5.75 Å². The SMILES string of the molecule is COc1ccc(S(=O)(=O)N(CC(=O)N(Cc2ccc(Cl)cc2)[C@@H](C)C(=O)NC(C)C)c2ccc(Cl)cc2)cc1. The Morgan fingerprint density at radius 2 is 1.41 bits per heavy atom. The van der Waals surface area contributed by atoms with E-state index in [0.29, 0.717) is 15.8 Å². The molecule has 0 radical (unpaired) electrons. The van der Waals surface area contributed by atoms with Crippen molar-refractivity contribution in [1.29, 1.82) is 0 Å². The van der Waals surface area contributed by atoms with Crippen LogP contribution in [0.1, 0.15) is 26.3 Å². The highest BCUT2D eigenvalue weighted by atomic mass is 35.5. The maximum Gasteiger partial charge on any atom is 0.264 e. The van der Waals surface area contributed by atoms with Crippen LogP contribution < -0.4 is 14.4 Å². The van der Waals surface area contributed by atoms with Crippen molar-refractivity contribution in [2.75, 3.05) is 18.0 Å². The summed E-state index contributed by atoms with van der Waals surface area (Å²) in [4.78, 5) is 28.1. The van der Waals surface area contributed by atoms with E-state index < -0.39 is 28.5 Å². The number of carbonyl (C=O) groups excluding carboxylic acids is 2. The molecule has 0 aliphatic heterocycles. The van der Waals surface area contributed by atoms with Gasteiger partial charge in [0.1, 0.15) is 18.3 Å². The van der Waals surface area contributed by atoms with E-state index in [2.05, 4.69) is 5.32 Å². The zero-order chi connectivity index (χ0) is 28.7. The molecular formula is C28H31Cl2N3O5S. The van der Waals surface area contributed by atoms with E-state index in [9.17, 15) is 18.0 Å². The molecular weight excluding hydrogens is 561 g/mol. The highest BCUT2D eigenvalue weighted by Crippen LogP contribution is 2.27. The first-order chi connectivity index (χ1) is 18.4. The molecule has 0 aromatic heterocycles. The minimum atomic E-state index is -4.19. The van der Waals surface area contributed by atoms with Crippen molar-refractivity contribution < 1.29 is 22.7 Å². The second-order valence-electron chi connectivity index (χ2n) is 9.15. The number of ether oxygens (including phenoxy) is 1. The maximum atomic E-state index is 13.8. The van der Waals surface area contributed by atoms with Gasteiger partial charge in [0.2, 0.25) is 11.8 Å². The lowest BCUT2D eigenvalue weighted by Crippen LogP contribution is -2.52. The molecule has 0 fully saturated rings. The Labute approximate surface area is 239 Å². The Bertz CT molecular complexity index is 1380. The van der Waals surface area contributed by atoms with Crippen molar-refractivity contribution in [2.24, 2.45) is 0 Å². The van der Waals surface area contributed by atoms with E-state index >= 15 is 0 Å². The Balaban J connectivity index is 2.02. The minimum absolute atomic E-state index is 0.0269. The van der Waals surface area contributed by atoms with Gasteiger partial charge in [0, 0.05) is 22.6 Å². The molecule has 208 valence electrons. The summed E-state index contributed by atoms with van der Waals surface area (Å²) in [7, 11) is -2.71. The molecule has 3 aromatic carbocycles. The summed E-state index contributed by atoms with van der Waals surface area (Å²) >= 11 is 12.1. The zero-order valence-corrected chi connectivity index (χ0v) is 24.4. The molecule has 0 aliphatic rings. The Morgan fingerprint density at radius 1 is 0.872 bits per heavy atom. The van der Waals surface area contributed by atoms with E-state index in [4.69, 9.17) is 27.9 Å². The average molecular weight is 593 g/mol. The number of hydrogen-bond acceptors (Lipinski definition) is 5. The standard InChI is InChI=1S/C28H31Cl2N3O5S/c1-19(2)31-28(35)20(3)32(17-21-5-7-22(29)8-6-21)27(34)18-33(24-11-9-23(30)10-12-24)39(36,37)26-15-13-25(38-4)14-16-26/h5-16,19-20H,17-18H2,1-4H3,(H,31,35)/t20-/m0/s1. The number of amides is 2. The topological polar surface area (TPSA) is 96.0 Å². The minimum Gasteiger partial charge on any atom is -0.497 e. The summed E-state index contributed by atoms with van der Waals surface area (Å²) in [5.74, 6) is -0.436. The summed E-state index contributed by atoms with van der Waals surface area (Å²) in [6.07, 6.45) is 0. The number of sulfonamides is 1. The van der Waals surface area contributed by atoms with Crippen LogP contribution in [-0.4, -0.2) is 50.9 Å². The maximum absolute atomic E-state index is 13.8. The highest BCUT2D eigenvalue weighted by molar-refractivity contribution is 7.92. The van der Waals surface area contributed by atoms with Crippen LogP contribution in [0.4, 0.5) is 5.69 Å². The number of rotatable bonds is 11. The van der Waals surface area contributed by atoms with Gasteiger partial charge in [-0.2, -0.15) is 0 Å². The number of anilines is 1. The molecule has 2 amide bonds. The highest BCUT2D eigenvalue weighted by Gasteiger charge is 2.32. The van der Waals surface area contributed by atoms with E-state index in [1.54, 1.807) is 43.3 Å². The van der Waals surface area contributed by atoms with Gasteiger partial charge in [-0.3, -0.25) is 13.9 Å². The van der Waals surface area contributed by atoms with Crippen molar-refractivity contribution in [3.63, 3.8) is 0 Å². The van der Waals surface area contributed by atoms with Gasteiger partial charge < -0.3 is 15.0 Å². The second-order valence-corrected chi connectivity index (χ2v) is 11.9. The summed E-state index contributed by atoms with van der Waals surface area (Å²) in [6.45, 7) is 4.76. The van der Waals surface area contributed by atoms with Crippen LogP contribution >= 0.6 is 23.2 Å². The number of benzene rings is 3. The average Bonchev–Trinajstić information content (AvgIpc) is 2.91. The fourth-order valence-corrected chi connectivity index (χ4v) is 5.45. The van der Waals surface area contributed by atoms with E-state index in [0.717, 1.165) is 9.87 Å². The molecule has 39 heavy (non-hydrogen) atoms. The van der Waals surface area contributed by atoms with Crippen molar-refractivity contribution in [1.82, 2.24) is 10.2 Å². The number of nitrogens with zero attached hydrogens (tertiary/aromatic N) is 2. The summed E-state index contributed by atoms with van der Waals surface area (Å²) < 4.78 is 33.8. The number of methoxy groups -OCH3 is 1. The van der Waals surface area contributed by atoms with Crippen molar-refractivity contribution in [2.45, 2.75) is 44.3 Å². The molecule has 0 bridgehead atoms. The van der Waals surface area contributed by atoms with Gasteiger partial charge >= 0.3 is 0 Å². The summed E-state index contributed by atoms with van der Waals surface area (Å²) in [5.41, 5.74) is 0.974. The van der Waals surface area contributed by atoms with Crippen LogP contribution in [0.25, 0.3) is 0 Å². The van der Waals surface area contributed by atoms with Gasteiger partial charge in [-0.25, -0.2) is 8.42 Å². The number of nitrogens with one attached hydrogen (secondary N) is 1. The number of carbonyl (C=O) groups is 2. The molecule has 3 rings (SSSR count). The monoisotopic (exact) mass is 591 g/mol. The number of halogens is 2. The molecule has 1 N–H and O–H groups in total. The Morgan fingerprint density at radius 3 is 1.92 bits per heavy atom. The van der Waals surface area contributed by atoms with Crippen LogP contribution in [-0.2, 0) is 26.2 Å². The lowest BCUT2D eigenvalue weighted by Gasteiger charge is -2.32. The van der Waals surface area contributed by atoms with Crippen LogP contribution in [0.2, 0.25) is 10.0 Å². The van der Waals surface area contributed by atoms with Crippen LogP contribution in [0, 0.1) is 0 Å². The van der Waals surface area contributed by atoms with E-state index in [-0.39, 0.29) is 29.1 Å². The molecule has 0 spiro atoms. The fourth-order valence-electron chi connectivity index (χ4n) is 3.79. The quantitative estimate of drug-likeness (QED) is 0.333. The van der Waals surface area contributed by atoms with Gasteiger partial charge in [0.15, 0.2) is 0 Å². The van der Waals surface area contributed by atoms with Crippen molar-refractivity contribution >= 4 is 50.7 Å². The summed E-state index contributed by atoms with van der Waals surface area (Å²) in [5, 5.41) is 3.76. The van der Waals surface area contributed by atoms with Crippen LogP contribution in [0.3, 0.4) is 0 Å². The largest absolute Gasteiger partial charge is 0.497 e. The first-order valence-electron chi connectivity index (χ1n) is 12.2. The first-order valence-corrected chi connectivity index (χ1v) is 14.4. The van der Waals surface area contributed by atoms with Crippen LogP contribution in [0.15, 0.2) is 77.7 Å². The van der Waals surface area contributed by atoms with E-state index in [1.807, 2.05) is 13.8 Å². The predicted octanol–water partition coefficient (Wildman–Crippen LogP) is 5.14. The molecule has 0 saturated carbocycles. The number of hydrogen-bond donors (Lipinski definition) is 1. The Hall–Kier alpha value is -3.27. The first kappa shape index (κ1) is 30.3. The summed E-state index contributed by atoms with van der Waals surface area (Å²) in [6, 6.07) is 17.9. The van der Waals surface area contributed by atoms with Gasteiger partial charge in [-0.1, -0.05) is 35.3 Å². The molecule has 8 nitrogen and oxygen atoms in total. The third kappa shape index (κ3) is 7.88. The molecule has 0 aliphatic carbocycles. The van der Waals surface area contributed by atoms with Gasteiger partial charge in [-0.15, -0.1) is 0 Å². The molecule has 0 saturated heterocycles.